The predicted molar refractivity (Wildman–Crippen MR) is 126 cm³/mol. The average Bonchev–Trinajstić information content (AvgIpc) is 2.81. The number of aryl methyl sites for hydroxylation is 1. The maximum absolute atomic E-state index is 13.7. The van der Waals surface area contributed by atoms with E-state index in [1.165, 1.54) is 17.7 Å². The minimum absolute atomic E-state index is 0.0247. The first kappa shape index (κ1) is 23.2. The number of hydrogen-bond donors (Lipinski definition) is 1. The van der Waals surface area contributed by atoms with E-state index >= 15 is 0 Å². The Bertz CT molecular complexity index is 1140. The number of nitriles is 1. The first-order valence-corrected chi connectivity index (χ1v) is 11.0. The van der Waals surface area contributed by atoms with Crippen LogP contribution in [0, 0.1) is 17.1 Å². The molecule has 0 aromatic heterocycles. The first-order chi connectivity index (χ1) is 15.6. The Morgan fingerprint density at radius 1 is 1.09 bits per heavy atom. The van der Waals surface area contributed by atoms with Gasteiger partial charge in [-0.25, -0.2) is 4.39 Å². The van der Waals surface area contributed by atoms with E-state index in [2.05, 4.69) is 21.2 Å². The number of carbonyl (C=O) groups excluding carboxylic acids is 1. The van der Waals surface area contributed by atoms with Crippen molar-refractivity contribution in [3.05, 3.63) is 105 Å². The van der Waals surface area contributed by atoms with Crippen LogP contribution in [0.15, 0.2) is 82.8 Å². The molecule has 0 radical (unpaired) electrons. The minimum atomic E-state index is -0.406. The van der Waals surface area contributed by atoms with E-state index in [1.54, 1.807) is 36.4 Å². The maximum Gasteiger partial charge on any atom is 0.261 e. The molecule has 3 aromatic rings. The molecule has 1 amide bonds. The Morgan fingerprint density at radius 3 is 2.56 bits per heavy atom. The van der Waals surface area contributed by atoms with Crippen molar-refractivity contribution in [2.24, 2.45) is 0 Å². The van der Waals surface area contributed by atoms with Crippen molar-refractivity contribution in [2.75, 3.05) is 6.54 Å². The summed E-state index contributed by atoms with van der Waals surface area (Å²) in [5, 5.41) is 12.2. The fourth-order valence-electron chi connectivity index (χ4n) is 3.04. The second-order valence-electron chi connectivity index (χ2n) is 7.08. The highest BCUT2D eigenvalue weighted by Crippen LogP contribution is 2.28. The molecule has 0 fully saturated rings. The molecule has 0 unspecified atom stereocenters. The van der Waals surface area contributed by atoms with Crippen LogP contribution in [0.25, 0.3) is 6.08 Å². The smallest absolute Gasteiger partial charge is 0.261 e. The second kappa shape index (κ2) is 11.8. The third-order valence-electron chi connectivity index (χ3n) is 4.74. The second-order valence-corrected chi connectivity index (χ2v) is 7.94. The van der Waals surface area contributed by atoms with Gasteiger partial charge in [-0.2, -0.15) is 5.26 Å². The van der Waals surface area contributed by atoms with Gasteiger partial charge in [-0.15, -0.1) is 0 Å². The third-order valence-corrected chi connectivity index (χ3v) is 5.36. The Balaban J connectivity index is 1.56. The molecule has 0 spiro atoms. The molecule has 0 atom stereocenters. The number of carbonyl (C=O) groups is 1. The highest BCUT2D eigenvalue weighted by molar-refractivity contribution is 9.10. The molecule has 3 aromatic carbocycles. The lowest BCUT2D eigenvalue weighted by Crippen LogP contribution is -2.25. The molecule has 32 heavy (non-hydrogen) atoms. The zero-order valence-corrected chi connectivity index (χ0v) is 18.9. The Kier molecular flexibility index (Phi) is 8.59. The molecule has 0 aliphatic heterocycles. The predicted octanol–water partition coefficient (Wildman–Crippen LogP) is 5.82. The van der Waals surface area contributed by atoms with Gasteiger partial charge in [0.2, 0.25) is 0 Å². The van der Waals surface area contributed by atoms with Crippen LogP contribution in [-0.4, -0.2) is 12.5 Å². The summed E-state index contributed by atoms with van der Waals surface area (Å²) in [5.74, 6) is -0.192. The Labute approximate surface area is 195 Å². The lowest BCUT2D eigenvalue weighted by molar-refractivity contribution is -0.117. The number of ether oxygens (including phenoxy) is 1. The van der Waals surface area contributed by atoms with E-state index in [0.29, 0.717) is 27.9 Å². The van der Waals surface area contributed by atoms with Crippen molar-refractivity contribution in [1.29, 1.82) is 5.26 Å². The van der Waals surface area contributed by atoms with Gasteiger partial charge in [0.25, 0.3) is 5.91 Å². The summed E-state index contributed by atoms with van der Waals surface area (Å²) in [6.45, 7) is 0.578. The van der Waals surface area contributed by atoms with Crippen LogP contribution in [0.4, 0.5) is 4.39 Å². The first-order valence-electron chi connectivity index (χ1n) is 10.2. The fourth-order valence-corrected chi connectivity index (χ4v) is 3.56. The van der Waals surface area contributed by atoms with E-state index in [9.17, 15) is 14.4 Å². The number of benzene rings is 3. The molecule has 162 valence electrons. The molecular formula is C26H22BrFN2O2. The third kappa shape index (κ3) is 6.79. The van der Waals surface area contributed by atoms with Crippen LogP contribution in [0.5, 0.6) is 5.75 Å². The molecule has 0 saturated carbocycles. The standard InChI is InChI=1S/C26H22BrFN2O2/c27-23-16-20(12-13-25(23)32-18-21-10-4-5-11-24(21)28)15-22(17-29)26(31)30-14-6-9-19-7-2-1-3-8-19/h1-5,7-8,10-13,15-16H,6,9,14,18H2,(H,30,31)/b22-15-. The van der Waals surface area contributed by atoms with Gasteiger partial charge in [0.1, 0.15) is 29.8 Å². The monoisotopic (exact) mass is 492 g/mol. The number of hydrogen-bond acceptors (Lipinski definition) is 3. The fraction of sp³-hybridized carbons (Fsp3) is 0.154. The van der Waals surface area contributed by atoms with Crippen LogP contribution < -0.4 is 10.1 Å². The molecule has 0 bridgehead atoms. The van der Waals surface area contributed by atoms with E-state index in [4.69, 9.17) is 4.74 Å². The molecule has 0 saturated heterocycles. The lowest BCUT2D eigenvalue weighted by Gasteiger charge is -2.10. The molecule has 0 aliphatic carbocycles. The summed E-state index contributed by atoms with van der Waals surface area (Å²) in [7, 11) is 0. The number of halogens is 2. The number of rotatable bonds is 9. The minimum Gasteiger partial charge on any atom is -0.488 e. The maximum atomic E-state index is 13.7. The van der Waals surface area contributed by atoms with Crippen molar-refractivity contribution in [3.8, 4) is 11.8 Å². The molecule has 4 nitrogen and oxygen atoms in total. The molecule has 0 heterocycles. The number of nitrogens with one attached hydrogen (secondary N) is 1. The van der Waals surface area contributed by atoms with E-state index in [-0.39, 0.29) is 18.0 Å². The number of nitrogens with zero attached hydrogens (tertiary/aromatic N) is 1. The summed E-state index contributed by atoms with van der Waals surface area (Å²) >= 11 is 3.43. The van der Waals surface area contributed by atoms with Crippen LogP contribution in [0.2, 0.25) is 0 Å². The highest BCUT2D eigenvalue weighted by atomic mass is 79.9. The lowest BCUT2D eigenvalue weighted by atomic mass is 10.1. The zero-order valence-electron chi connectivity index (χ0n) is 17.4. The topological polar surface area (TPSA) is 62.1 Å². The van der Waals surface area contributed by atoms with Gasteiger partial charge in [0.15, 0.2) is 0 Å². The zero-order chi connectivity index (χ0) is 22.8. The van der Waals surface area contributed by atoms with Crippen molar-refractivity contribution >= 4 is 27.9 Å². The van der Waals surface area contributed by atoms with Crippen molar-refractivity contribution in [2.45, 2.75) is 19.4 Å². The molecule has 3 rings (SSSR count). The Hall–Kier alpha value is -3.43. The average molecular weight is 493 g/mol. The van der Waals surface area contributed by atoms with Gasteiger partial charge >= 0.3 is 0 Å². The van der Waals surface area contributed by atoms with Crippen LogP contribution in [0.1, 0.15) is 23.1 Å². The van der Waals surface area contributed by atoms with Crippen LogP contribution >= 0.6 is 15.9 Å². The van der Waals surface area contributed by atoms with E-state index in [1.807, 2.05) is 36.4 Å². The largest absolute Gasteiger partial charge is 0.488 e. The van der Waals surface area contributed by atoms with Gasteiger partial charge in [0.05, 0.1) is 4.47 Å². The molecule has 0 aliphatic rings. The highest BCUT2D eigenvalue weighted by Gasteiger charge is 2.10. The van der Waals surface area contributed by atoms with E-state index < -0.39 is 5.91 Å². The quantitative estimate of drug-likeness (QED) is 0.232. The Morgan fingerprint density at radius 2 is 1.84 bits per heavy atom. The van der Waals surface area contributed by atoms with Crippen molar-refractivity contribution in [1.82, 2.24) is 5.32 Å². The van der Waals surface area contributed by atoms with Crippen molar-refractivity contribution < 1.29 is 13.9 Å². The normalized spacial score (nSPS) is 11.0. The SMILES string of the molecule is N#C/C(=C/c1ccc(OCc2ccccc2F)c(Br)c1)C(=O)NCCCc1ccccc1. The van der Waals surface area contributed by atoms with Gasteiger partial charge < -0.3 is 10.1 Å². The van der Waals surface area contributed by atoms with Crippen LogP contribution in [-0.2, 0) is 17.8 Å². The van der Waals surface area contributed by atoms with Gasteiger partial charge in [-0.3, -0.25) is 4.79 Å². The van der Waals surface area contributed by atoms with E-state index in [0.717, 1.165) is 12.8 Å². The summed E-state index contributed by atoms with van der Waals surface area (Å²) in [6, 6.07) is 23.6. The number of amides is 1. The van der Waals surface area contributed by atoms with Crippen LogP contribution in [0.3, 0.4) is 0 Å². The summed E-state index contributed by atoms with van der Waals surface area (Å²) in [5.41, 5.74) is 2.36. The molecular weight excluding hydrogens is 471 g/mol. The van der Waals surface area contributed by atoms with Gasteiger partial charge in [-0.05, 0) is 64.2 Å². The summed E-state index contributed by atoms with van der Waals surface area (Å²) in [4.78, 5) is 12.4. The van der Waals surface area contributed by atoms with Gasteiger partial charge in [0, 0.05) is 12.1 Å². The molecule has 6 heteroatoms. The summed E-state index contributed by atoms with van der Waals surface area (Å²) in [6.07, 6.45) is 3.17. The van der Waals surface area contributed by atoms with Gasteiger partial charge in [-0.1, -0.05) is 54.6 Å². The van der Waals surface area contributed by atoms with Crippen molar-refractivity contribution in [3.63, 3.8) is 0 Å². The summed E-state index contributed by atoms with van der Waals surface area (Å²) < 4.78 is 20.1. The molecule has 1 N–H and O–H groups in total.